The minimum Gasteiger partial charge on any atom is -0.291 e. The van der Waals surface area contributed by atoms with E-state index in [4.69, 9.17) is 11.6 Å². The molecule has 0 radical (unpaired) electrons. The van der Waals surface area contributed by atoms with Crippen molar-refractivity contribution in [3.05, 3.63) is 88.4 Å². The summed E-state index contributed by atoms with van der Waals surface area (Å²) in [4.78, 5) is 20.4. The number of allylic oxidation sites excluding steroid dienone is 1. The van der Waals surface area contributed by atoms with E-state index in [2.05, 4.69) is 32.2 Å². The van der Waals surface area contributed by atoms with Gasteiger partial charge in [-0.15, -0.1) is 5.10 Å². The maximum Gasteiger partial charge on any atom is 0.191 e. The molecule has 4 aromatic rings. The van der Waals surface area contributed by atoms with Crippen molar-refractivity contribution >= 4 is 39.0 Å². The van der Waals surface area contributed by atoms with Crippen LogP contribution < -0.4 is 0 Å². The number of pyridine rings is 1. The number of benzene rings is 1. The van der Waals surface area contributed by atoms with Gasteiger partial charge in [-0.2, -0.15) is 15.0 Å². The molecule has 12 heteroatoms. The second kappa shape index (κ2) is 9.96. The van der Waals surface area contributed by atoms with E-state index in [-0.39, 0.29) is 23.7 Å². The fourth-order valence-electron chi connectivity index (χ4n) is 6.55. The Kier molecular flexibility index (Phi) is 6.45. The summed E-state index contributed by atoms with van der Waals surface area (Å²) >= 11 is 6.31. The summed E-state index contributed by atoms with van der Waals surface area (Å²) in [7, 11) is -1.26. The molecule has 3 aromatic heterocycles. The summed E-state index contributed by atoms with van der Waals surface area (Å²) in [6.45, 7) is 0. The molecule has 3 aliphatic rings. The van der Waals surface area contributed by atoms with E-state index >= 15 is 0 Å². The average molecular weight is 606 g/mol. The Morgan fingerprint density at radius 2 is 1.93 bits per heavy atom. The van der Waals surface area contributed by atoms with Gasteiger partial charge in [-0.25, -0.2) is 17.6 Å². The molecule has 0 saturated heterocycles. The summed E-state index contributed by atoms with van der Waals surface area (Å²) in [5, 5.41) is 13.9. The second-order valence-corrected chi connectivity index (χ2v) is 13.9. The number of rotatable bonds is 7. The largest absolute Gasteiger partial charge is 0.291 e. The van der Waals surface area contributed by atoms with Crippen LogP contribution in [-0.4, -0.2) is 62.0 Å². The van der Waals surface area contributed by atoms with Crippen LogP contribution in [0.25, 0.3) is 11.8 Å². The number of hydrogen-bond acceptors (Lipinski definition) is 6. The molecule has 0 N–H and O–H groups in total. The molecular weight excluding hydrogens is 577 g/mol. The first-order valence-corrected chi connectivity index (χ1v) is 15.9. The van der Waals surface area contributed by atoms with Crippen molar-refractivity contribution in [3.8, 4) is 5.69 Å². The van der Waals surface area contributed by atoms with Crippen LogP contribution in [-0.2, 0) is 23.2 Å². The first kappa shape index (κ1) is 27.2. The number of ketones is 1. The minimum atomic E-state index is -2.95. The zero-order chi connectivity index (χ0) is 29.2. The van der Waals surface area contributed by atoms with Gasteiger partial charge in [0.15, 0.2) is 10.8 Å². The standard InChI is InChI=1S/C30H29ClFN7O2S/c1-37-34-18-28(36-37)42(2,41)39(24-9-10-24)25-6-3-20-13-27-19(17-35-38(27)23-7-4-22(32)5-8-23)15-30(20,16-25)29(40)26-14-21(31)11-12-33-26/h4-5,7-8,11-14,17-18,24-25H,2-3,6,9-10,15-16H2,1H3/t25-,30-,42?/m0/s1. The summed E-state index contributed by atoms with van der Waals surface area (Å²) in [5.41, 5.74) is 2.85. The molecule has 3 aliphatic carbocycles. The van der Waals surface area contributed by atoms with Crippen molar-refractivity contribution in [1.82, 2.24) is 34.1 Å². The lowest BCUT2D eigenvalue weighted by Crippen LogP contribution is -2.51. The molecule has 9 nitrogen and oxygen atoms in total. The third-order valence-electron chi connectivity index (χ3n) is 8.61. The maximum atomic E-state index is 14.5. The van der Waals surface area contributed by atoms with Gasteiger partial charge in [-0.3, -0.25) is 9.78 Å². The number of aryl methyl sites for hydroxylation is 1. The second-order valence-electron chi connectivity index (χ2n) is 11.4. The van der Waals surface area contributed by atoms with Gasteiger partial charge < -0.3 is 0 Å². The molecule has 0 bridgehead atoms. The van der Waals surface area contributed by atoms with Crippen LogP contribution >= 0.6 is 11.6 Å². The Balaban J connectivity index is 1.32. The van der Waals surface area contributed by atoms with E-state index in [1.807, 2.05) is 4.31 Å². The van der Waals surface area contributed by atoms with Crippen molar-refractivity contribution in [2.24, 2.45) is 12.5 Å². The topological polar surface area (TPSA) is 98.8 Å². The lowest BCUT2D eigenvalue weighted by Gasteiger charge is -2.47. The monoisotopic (exact) mass is 605 g/mol. The highest BCUT2D eigenvalue weighted by atomic mass is 35.5. The SMILES string of the molecule is C=S(=O)(c1cnn(C)n1)N(C1CC1)[C@H]1CCC2=Cc3c(cnn3-c3ccc(F)cc3)C[C@]2(C(=O)c2cc(Cl)ccn2)C1. The number of nitrogens with zero attached hydrogens (tertiary/aromatic N) is 7. The Hall–Kier alpha value is -3.67. The predicted octanol–water partition coefficient (Wildman–Crippen LogP) is 4.70. The Bertz CT molecular complexity index is 1840. The van der Waals surface area contributed by atoms with E-state index < -0.39 is 15.1 Å². The third-order valence-corrected chi connectivity index (χ3v) is 11.0. The van der Waals surface area contributed by atoms with E-state index in [0.717, 1.165) is 35.4 Å². The van der Waals surface area contributed by atoms with Gasteiger partial charge in [0.25, 0.3) is 0 Å². The molecule has 0 spiro atoms. The molecule has 0 amide bonds. The number of Topliss-reactive ketones (excluding diaryl/α,β-unsaturated/α-hetero) is 1. The lowest BCUT2D eigenvalue weighted by atomic mass is 9.60. The van der Waals surface area contributed by atoms with Crippen molar-refractivity contribution in [1.29, 1.82) is 0 Å². The van der Waals surface area contributed by atoms with Crippen LogP contribution in [0.5, 0.6) is 0 Å². The molecule has 2 saturated carbocycles. The molecular formula is C30H29ClFN7O2S. The van der Waals surface area contributed by atoms with E-state index in [0.29, 0.717) is 41.4 Å². The zero-order valence-corrected chi connectivity index (χ0v) is 24.6. The highest BCUT2D eigenvalue weighted by molar-refractivity contribution is 7.98. The minimum absolute atomic E-state index is 0.101. The number of carbonyl (C=O) groups excluding carboxylic acids is 1. The lowest BCUT2D eigenvalue weighted by molar-refractivity contribution is 0.0736. The Labute approximate surface area is 248 Å². The van der Waals surface area contributed by atoms with Crippen LogP contribution in [0, 0.1) is 11.2 Å². The molecule has 2 fully saturated rings. The van der Waals surface area contributed by atoms with Crippen molar-refractivity contribution in [2.45, 2.75) is 55.6 Å². The van der Waals surface area contributed by atoms with Gasteiger partial charge in [-0.05, 0) is 92.4 Å². The van der Waals surface area contributed by atoms with Crippen molar-refractivity contribution < 1.29 is 13.4 Å². The first-order chi connectivity index (χ1) is 20.2. The first-order valence-electron chi connectivity index (χ1n) is 13.9. The molecule has 3 atom stereocenters. The molecule has 3 heterocycles. The Morgan fingerprint density at radius 1 is 1.14 bits per heavy atom. The fourth-order valence-corrected chi connectivity index (χ4v) is 8.74. The summed E-state index contributed by atoms with van der Waals surface area (Å²) in [5.74, 6) is 3.74. The Morgan fingerprint density at radius 3 is 2.62 bits per heavy atom. The number of carbonyl (C=O) groups is 1. The third kappa shape index (κ3) is 4.50. The van der Waals surface area contributed by atoms with Crippen LogP contribution in [0.15, 0.2) is 65.6 Å². The van der Waals surface area contributed by atoms with E-state index in [1.165, 1.54) is 23.1 Å². The van der Waals surface area contributed by atoms with Gasteiger partial charge >= 0.3 is 0 Å². The normalized spacial score (nSPS) is 23.1. The highest BCUT2D eigenvalue weighted by Crippen LogP contribution is 2.52. The maximum absolute atomic E-state index is 14.5. The summed E-state index contributed by atoms with van der Waals surface area (Å²) in [6.07, 6.45) is 10.9. The fraction of sp³-hybridized carbons (Fsp3) is 0.333. The molecule has 0 aliphatic heterocycles. The van der Waals surface area contributed by atoms with Gasteiger partial charge in [0.1, 0.15) is 11.5 Å². The van der Waals surface area contributed by atoms with Gasteiger partial charge in [-0.1, -0.05) is 17.2 Å². The van der Waals surface area contributed by atoms with Crippen LogP contribution in [0.4, 0.5) is 4.39 Å². The molecule has 216 valence electrons. The summed E-state index contributed by atoms with van der Waals surface area (Å²) in [6, 6.07) is 9.36. The van der Waals surface area contributed by atoms with Gasteiger partial charge in [0.05, 0.1) is 38.9 Å². The number of halogens is 2. The molecule has 1 unspecified atom stereocenters. The van der Waals surface area contributed by atoms with Gasteiger partial charge in [0, 0.05) is 30.4 Å². The zero-order valence-electron chi connectivity index (χ0n) is 23.0. The number of aromatic nitrogens is 6. The summed E-state index contributed by atoms with van der Waals surface area (Å²) < 4.78 is 31.8. The average Bonchev–Trinajstić information content (AvgIpc) is 3.55. The number of hydrogen-bond donors (Lipinski definition) is 0. The molecule has 1 aromatic carbocycles. The molecule has 42 heavy (non-hydrogen) atoms. The smallest absolute Gasteiger partial charge is 0.191 e. The van der Waals surface area contributed by atoms with Crippen molar-refractivity contribution in [3.63, 3.8) is 0 Å². The van der Waals surface area contributed by atoms with Crippen LogP contribution in [0.3, 0.4) is 0 Å². The van der Waals surface area contributed by atoms with E-state index in [1.54, 1.807) is 48.4 Å². The van der Waals surface area contributed by atoms with E-state index in [9.17, 15) is 13.4 Å². The highest BCUT2D eigenvalue weighted by Gasteiger charge is 2.53. The predicted molar refractivity (Wildman–Crippen MR) is 158 cm³/mol. The van der Waals surface area contributed by atoms with Crippen LogP contribution in [0.2, 0.25) is 5.02 Å². The van der Waals surface area contributed by atoms with Gasteiger partial charge in [0.2, 0.25) is 0 Å². The van der Waals surface area contributed by atoms with Crippen molar-refractivity contribution in [2.75, 3.05) is 0 Å². The molecule has 7 rings (SSSR count). The quantitative estimate of drug-likeness (QED) is 0.224. The number of fused-ring (bicyclic) bond motifs is 2. The van der Waals surface area contributed by atoms with Crippen LogP contribution in [0.1, 0.15) is 53.8 Å².